The minimum absolute atomic E-state index is 0.0161. The summed E-state index contributed by atoms with van der Waals surface area (Å²) >= 11 is 0. The molecule has 5 aromatic rings. The summed E-state index contributed by atoms with van der Waals surface area (Å²) in [5.41, 5.74) is 1.31. The Morgan fingerprint density at radius 1 is 0.769 bits per heavy atom. The first-order valence-electron chi connectivity index (χ1n) is 16.5. The van der Waals surface area contributed by atoms with Crippen molar-refractivity contribution in [1.29, 1.82) is 0 Å². The van der Waals surface area contributed by atoms with Crippen molar-refractivity contribution in [3.05, 3.63) is 149 Å². The first-order valence-corrected chi connectivity index (χ1v) is 18.0. The van der Waals surface area contributed by atoms with Gasteiger partial charge in [-0.3, -0.25) is 23.7 Å². The predicted molar refractivity (Wildman–Crippen MR) is 194 cm³/mol. The van der Waals surface area contributed by atoms with Gasteiger partial charge in [0, 0.05) is 50.0 Å². The van der Waals surface area contributed by atoms with Crippen LogP contribution in [0.1, 0.15) is 29.5 Å². The topological polar surface area (TPSA) is 178 Å². The zero-order chi connectivity index (χ0) is 36.8. The number of amides is 1. The standard InChI is InChI=1S/C38H38N6O7S/c45-33(19-12-22-51-35-20-10-11-21-39-35)36(47)32(23-28-13-4-1-5-14-28)43-34(46)27-44-37(30-17-8-3-9-18-30)40-25-31(38(44)48)26-42-52(49,50)41-24-29-15-6-2-7-16-29/h1-11,13-18,20-21,25,32,41-42H,12,19,22-24,26-27H2,(H,43,46). The van der Waals surface area contributed by atoms with E-state index in [-0.39, 0.29) is 43.8 Å². The van der Waals surface area contributed by atoms with Crippen molar-refractivity contribution in [2.45, 2.75) is 44.9 Å². The van der Waals surface area contributed by atoms with Gasteiger partial charge in [0.1, 0.15) is 12.4 Å². The molecule has 5 rings (SSSR count). The number of ether oxygens (including phenoxy) is 1. The Morgan fingerprint density at radius 3 is 2.08 bits per heavy atom. The minimum Gasteiger partial charge on any atom is -0.478 e. The predicted octanol–water partition coefficient (Wildman–Crippen LogP) is 3.15. The normalized spacial score (nSPS) is 11.8. The molecule has 13 nitrogen and oxygen atoms in total. The SMILES string of the molecule is O=C(Cn1c(-c2ccccc2)ncc(CNS(=O)(=O)NCc2ccccc2)c1=O)NC(Cc1ccccc1)C(=O)C(=O)CCCOc1ccccn1. The van der Waals surface area contributed by atoms with E-state index in [4.69, 9.17) is 4.74 Å². The van der Waals surface area contributed by atoms with Crippen LogP contribution in [-0.2, 0) is 50.6 Å². The van der Waals surface area contributed by atoms with Gasteiger partial charge in [-0.15, -0.1) is 0 Å². The zero-order valence-electron chi connectivity index (χ0n) is 28.2. The van der Waals surface area contributed by atoms with Crippen molar-refractivity contribution in [3.63, 3.8) is 0 Å². The quantitative estimate of drug-likeness (QED) is 0.0853. The average Bonchev–Trinajstić information content (AvgIpc) is 3.17. The highest BCUT2D eigenvalue weighted by molar-refractivity contribution is 7.87. The highest BCUT2D eigenvalue weighted by Gasteiger charge is 2.28. The lowest BCUT2D eigenvalue weighted by Crippen LogP contribution is -2.47. The summed E-state index contributed by atoms with van der Waals surface area (Å²) in [7, 11) is -4.01. The lowest BCUT2D eigenvalue weighted by Gasteiger charge is -2.19. The van der Waals surface area contributed by atoms with Crippen molar-refractivity contribution >= 4 is 27.7 Å². The first kappa shape index (κ1) is 37.4. The van der Waals surface area contributed by atoms with Crippen LogP contribution in [0.3, 0.4) is 0 Å². The van der Waals surface area contributed by atoms with Gasteiger partial charge in [0.25, 0.3) is 15.8 Å². The molecule has 3 N–H and O–H groups in total. The number of rotatable bonds is 19. The number of benzene rings is 3. The fourth-order valence-electron chi connectivity index (χ4n) is 5.22. The maximum Gasteiger partial charge on any atom is 0.277 e. The van der Waals surface area contributed by atoms with Crippen LogP contribution in [0.2, 0.25) is 0 Å². The Balaban J connectivity index is 1.31. The molecule has 1 amide bonds. The lowest BCUT2D eigenvalue weighted by molar-refractivity contribution is -0.139. The lowest BCUT2D eigenvalue weighted by atomic mass is 9.98. The maximum atomic E-state index is 13.8. The van der Waals surface area contributed by atoms with Crippen LogP contribution in [-0.4, -0.2) is 53.1 Å². The van der Waals surface area contributed by atoms with E-state index in [0.29, 0.717) is 17.0 Å². The largest absolute Gasteiger partial charge is 0.478 e. The molecule has 0 spiro atoms. The van der Waals surface area contributed by atoms with E-state index >= 15 is 0 Å². The summed E-state index contributed by atoms with van der Waals surface area (Å²) in [5.74, 6) is -1.62. The maximum absolute atomic E-state index is 13.8. The van der Waals surface area contributed by atoms with Gasteiger partial charge in [-0.05, 0) is 23.6 Å². The van der Waals surface area contributed by atoms with Crippen molar-refractivity contribution in [2.75, 3.05) is 6.61 Å². The van der Waals surface area contributed by atoms with Crippen LogP contribution in [0.15, 0.2) is 126 Å². The summed E-state index contributed by atoms with van der Waals surface area (Å²) in [6.45, 7) is -0.760. The van der Waals surface area contributed by atoms with Crippen LogP contribution in [0, 0.1) is 0 Å². The number of nitrogens with one attached hydrogen (secondary N) is 3. The third kappa shape index (κ3) is 11.1. The van der Waals surface area contributed by atoms with E-state index in [9.17, 15) is 27.6 Å². The van der Waals surface area contributed by atoms with Crippen LogP contribution in [0.5, 0.6) is 5.88 Å². The van der Waals surface area contributed by atoms with Gasteiger partial charge in [0.15, 0.2) is 0 Å². The minimum atomic E-state index is -4.01. The third-order valence-corrected chi connectivity index (χ3v) is 8.91. The Labute approximate surface area is 301 Å². The van der Waals surface area contributed by atoms with E-state index in [1.54, 1.807) is 103 Å². The number of hydrogen-bond donors (Lipinski definition) is 3. The molecule has 1 atom stereocenters. The van der Waals surface area contributed by atoms with Gasteiger partial charge in [0.2, 0.25) is 23.4 Å². The van der Waals surface area contributed by atoms with Gasteiger partial charge < -0.3 is 10.1 Å². The summed E-state index contributed by atoms with van der Waals surface area (Å²) in [6.07, 6.45) is 3.03. The molecule has 2 aromatic heterocycles. The molecule has 0 fully saturated rings. The van der Waals surface area contributed by atoms with E-state index in [1.165, 1.54) is 6.20 Å². The van der Waals surface area contributed by atoms with Crippen molar-refractivity contribution in [2.24, 2.45) is 0 Å². The van der Waals surface area contributed by atoms with Gasteiger partial charge in [-0.25, -0.2) is 9.97 Å². The zero-order valence-corrected chi connectivity index (χ0v) is 29.0. The van der Waals surface area contributed by atoms with E-state index in [2.05, 4.69) is 24.7 Å². The number of pyridine rings is 1. The number of nitrogens with zero attached hydrogens (tertiary/aromatic N) is 3. The molecule has 0 aliphatic heterocycles. The van der Waals surface area contributed by atoms with Crippen molar-refractivity contribution in [1.82, 2.24) is 29.3 Å². The number of hydrogen-bond acceptors (Lipinski definition) is 9. The molecule has 0 aliphatic carbocycles. The second-order valence-corrected chi connectivity index (χ2v) is 13.3. The van der Waals surface area contributed by atoms with Gasteiger partial charge in [-0.1, -0.05) is 97.1 Å². The molecule has 1 unspecified atom stereocenters. The smallest absolute Gasteiger partial charge is 0.277 e. The summed E-state index contributed by atoms with van der Waals surface area (Å²) < 4.78 is 36.8. The monoisotopic (exact) mass is 722 g/mol. The Kier molecular flexibility index (Phi) is 13.3. The fraction of sp³-hybridized carbons (Fsp3) is 0.211. The summed E-state index contributed by atoms with van der Waals surface area (Å²) in [5, 5.41) is 2.67. The Hall–Kier alpha value is -5.83. The molecule has 3 aromatic carbocycles. The number of ketones is 2. The van der Waals surface area contributed by atoms with Crippen LogP contribution in [0.25, 0.3) is 11.4 Å². The van der Waals surface area contributed by atoms with Gasteiger partial charge in [0.05, 0.1) is 18.2 Å². The van der Waals surface area contributed by atoms with Crippen LogP contribution in [0.4, 0.5) is 0 Å². The molecule has 268 valence electrons. The Bertz CT molecular complexity index is 2120. The van der Waals surface area contributed by atoms with Crippen LogP contribution >= 0.6 is 0 Å². The molecule has 0 saturated carbocycles. The third-order valence-electron chi connectivity index (χ3n) is 7.86. The molecular weight excluding hydrogens is 685 g/mol. The van der Waals surface area contributed by atoms with E-state index < -0.39 is 52.4 Å². The summed E-state index contributed by atoms with van der Waals surface area (Å²) in [4.78, 5) is 62.4. The summed E-state index contributed by atoms with van der Waals surface area (Å²) in [6, 6.07) is 30.5. The van der Waals surface area contributed by atoms with E-state index in [0.717, 1.165) is 10.1 Å². The number of aromatic nitrogens is 3. The molecule has 2 heterocycles. The second-order valence-electron chi connectivity index (χ2n) is 11.7. The highest BCUT2D eigenvalue weighted by atomic mass is 32.2. The van der Waals surface area contributed by atoms with E-state index in [1.807, 2.05) is 12.1 Å². The highest BCUT2D eigenvalue weighted by Crippen LogP contribution is 2.16. The molecule has 0 bridgehead atoms. The molecule has 14 heteroatoms. The number of Topliss-reactive ketones (excluding diaryl/α,β-unsaturated/α-hetero) is 2. The average molecular weight is 723 g/mol. The first-order chi connectivity index (χ1) is 25.2. The second kappa shape index (κ2) is 18.4. The Morgan fingerprint density at radius 2 is 1.40 bits per heavy atom. The van der Waals surface area contributed by atoms with Crippen LogP contribution < -0.4 is 25.1 Å². The fourth-order valence-corrected chi connectivity index (χ4v) is 6.02. The molecule has 52 heavy (non-hydrogen) atoms. The van der Waals surface area contributed by atoms with Crippen molar-refractivity contribution in [3.8, 4) is 17.3 Å². The molecule has 0 radical (unpaired) electrons. The van der Waals surface area contributed by atoms with Crippen molar-refractivity contribution < 1.29 is 27.5 Å². The molecular formula is C38H38N6O7S. The van der Waals surface area contributed by atoms with Gasteiger partial charge >= 0.3 is 0 Å². The number of carbonyl (C=O) groups excluding carboxylic acids is 3. The van der Waals surface area contributed by atoms with Gasteiger partial charge in [-0.2, -0.15) is 17.9 Å². The number of carbonyl (C=O) groups is 3. The molecule has 0 aliphatic rings. The molecule has 0 saturated heterocycles.